The Morgan fingerprint density at radius 1 is 1.33 bits per heavy atom. The van der Waals surface area contributed by atoms with Gasteiger partial charge in [0.2, 0.25) is 0 Å². The van der Waals surface area contributed by atoms with Crippen LogP contribution in [0.25, 0.3) is 0 Å². The second-order valence-corrected chi connectivity index (χ2v) is 7.04. The number of hydrogen-bond acceptors (Lipinski definition) is 3. The highest BCUT2D eigenvalue weighted by Gasteiger charge is 2.40. The molecule has 2 fully saturated rings. The lowest BCUT2D eigenvalue weighted by Crippen LogP contribution is -2.34. The second kappa shape index (κ2) is 6.41. The van der Waals surface area contributed by atoms with E-state index < -0.39 is 0 Å². The molecule has 1 aromatic heterocycles. The van der Waals surface area contributed by atoms with Crippen molar-refractivity contribution in [3.63, 3.8) is 0 Å². The van der Waals surface area contributed by atoms with Crippen LogP contribution < -0.4 is 0 Å². The van der Waals surface area contributed by atoms with Crippen LogP contribution in [0.2, 0.25) is 0 Å². The summed E-state index contributed by atoms with van der Waals surface area (Å²) in [6, 6.07) is 1.81. The Morgan fingerprint density at radius 2 is 2.19 bits per heavy atom. The first kappa shape index (κ1) is 14.9. The van der Waals surface area contributed by atoms with Crippen LogP contribution >= 0.6 is 0 Å². The molecule has 0 amide bonds. The van der Waals surface area contributed by atoms with Gasteiger partial charge in [-0.1, -0.05) is 6.42 Å². The monoisotopic (exact) mass is 291 g/mol. The molecular weight excluding hydrogens is 265 g/mol. The van der Waals surface area contributed by atoms with Crippen LogP contribution in [0.4, 0.5) is 4.39 Å². The first-order valence-electron chi connectivity index (χ1n) is 8.09. The van der Waals surface area contributed by atoms with E-state index in [-0.39, 0.29) is 5.82 Å². The van der Waals surface area contributed by atoms with Crippen molar-refractivity contribution in [1.29, 1.82) is 0 Å². The summed E-state index contributed by atoms with van der Waals surface area (Å²) >= 11 is 0. The van der Waals surface area contributed by atoms with E-state index in [4.69, 9.17) is 0 Å². The lowest BCUT2D eigenvalue weighted by atomic mass is 9.74. The van der Waals surface area contributed by atoms with Crippen molar-refractivity contribution in [2.75, 3.05) is 33.7 Å². The molecule has 2 heterocycles. The van der Waals surface area contributed by atoms with Gasteiger partial charge in [-0.2, -0.15) is 0 Å². The molecule has 1 saturated heterocycles. The summed E-state index contributed by atoms with van der Waals surface area (Å²) in [6.45, 7) is 4.19. The summed E-state index contributed by atoms with van der Waals surface area (Å²) in [5.74, 6) is 2.25. The minimum absolute atomic E-state index is 0.169. The number of aromatic nitrogens is 1. The highest BCUT2D eigenvalue weighted by Crippen LogP contribution is 2.40. The van der Waals surface area contributed by atoms with E-state index >= 15 is 0 Å². The van der Waals surface area contributed by atoms with Gasteiger partial charge in [0.05, 0.1) is 6.20 Å². The fourth-order valence-corrected chi connectivity index (χ4v) is 4.28. The van der Waals surface area contributed by atoms with Crippen molar-refractivity contribution >= 4 is 0 Å². The van der Waals surface area contributed by atoms with E-state index in [0.29, 0.717) is 0 Å². The molecule has 3 atom stereocenters. The summed E-state index contributed by atoms with van der Waals surface area (Å²) < 4.78 is 13.8. The van der Waals surface area contributed by atoms with Gasteiger partial charge in [0, 0.05) is 37.9 Å². The van der Waals surface area contributed by atoms with Crippen molar-refractivity contribution in [3.05, 3.63) is 29.8 Å². The summed E-state index contributed by atoms with van der Waals surface area (Å²) in [5.41, 5.74) is 0.785. The third-order valence-electron chi connectivity index (χ3n) is 5.17. The second-order valence-electron chi connectivity index (χ2n) is 7.04. The molecule has 1 aromatic rings. The van der Waals surface area contributed by atoms with Crippen LogP contribution in [0.3, 0.4) is 0 Å². The van der Waals surface area contributed by atoms with Crippen LogP contribution in [0, 0.1) is 23.6 Å². The number of hydrogen-bond donors (Lipinski definition) is 0. The van der Waals surface area contributed by atoms with Crippen molar-refractivity contribution in [2.45, 2.75) is 25.8 Å². The molecule has 1 saturated carbocycles. The molecule has 1 aliphatic heterocycles. The zero-order chi connectivity index (χ0) is 14.8. The van der Waals surface area contributed by atoms with Gasteiger partial charge in [0.15, 0.2) is 0 Å². The summed E-state index contributed by atoms with van der Waals surface area (Å²) in [4.78, 5) is 8.60. The largest absolute Gasteiger partial charge is 0.309 e. The molecule has 0 unspecified atom stereocenters. The van der Waals surface area contributed by atoms with Crippen LogP contribution in [-0.2, 0) is 6.54 Å². The Balaban J connectivity index is 1.64. The average molecular weight is 291 g/mol. The number of likely N-dealkylation sites (tertiary alicyclic amines) is 1. The fraction of sp³-hybridized carbons (Fsp3) is 0.706. The molecule has 4 heteroatoms. The maximum atomic E-state index is 13.8. The third kappa shape index (κ3) is 3.43. The lowest BCUT2D eigenvalue weighted by molar-refractivity contribution is 0.158. The molecule has 2 aliphatic rings. The van der Waals surface area contributed by atoms with Gasteiger partial charge >= 0.3 is 0 Å². The van der Waals surface area contributed by atoms with E-state index in [9.17, 15) is 4.39 Å². The van der Waals surface area contributed by atoms with Crippen LogP contribution in [0.15, 0.2) is 18.5 Å². The highest BCUT2D eigenvalue weighted by atomic mass is 19.1. The number of pyridine rings is 1. The van der Waals surface area contributed by atoms with Crippen molar-refractivity contribution in [2.24, 2.45) is 17.8 Å². The van der Waals surface area contributed by atoms with Gasteiger partial charge < -0.3 is 4.90 Å². The van der Waals surface area contributed by atoms with Gasteiger partial charge in [-0.25, -0.2) is 4.39 Å². The average Bonchev–Trinajstić information content (AvgIpc) is 2.84. The van der Waals surface area contributed by atoms with Gasteiger partial charge in [0.1, 0.15) is 5.82 Å². The summed E-state index contributed by atoms with van der Waals surface area (Å²) in [5, 5.41) is 0. The Kier molecular flexibility index (Phi) is 4.55. The first-order chi connectivity index (χ1) is 10.1. The SMILES string of the molecule is CN(C)C[C@@H]1CCC[C@@H]2CN(Cc3ccncc3F)C[C@@H]21. The minimum atomic E-state index is -0.169. The first-order valence-corrected chi connectivity index (χ1v) is 8.09. The third-order valence-corrected chi connectivity index (χ3v) is 5.17. The van der Waals surface area contributed by atoms with E-state index in [1.54, 1.807) is 6.20 Å². The quantitative estimate of drug-likeness (QED) is 0.850. The normalized spacial score (nSPS) is 29.8. The Morgan fingerprint density at radius 3 is 2.95 bits per heavy atom. The van der Waals surface area contributed by atoms with Gasteiger partial charge in [0.25, 0.3) is 0 Å². The zero-order valence-corrected chi connectivity index (χ0v) is 13.1. The van der Waals surface area contributed by atoms with Crippen molar-refractivity contribution < 1.29 is 4.39 Å². The van der Waals surface area contributed by atoms with Crippen LogP contribution in [-0.4, -0.2) is 48.5 Å². The van der Waals surface area contributed by atoms with Gasteiger partial charge in [-0.15, -0.1) is 0 Å². The number of halogens is 1. The molecule has 3 rings (SSSR count). The molecule has 1 aliphatic carbocycles. The molecule has 0 spiro atoms. The van der Waals surface area contributed by atoms with E-state index in [0.717, 1.165) is 43.0 Å². The molecule has 0 N–H and O–H groups in total. The van der Waals surface area contributed by atoms with Gasteiger partial charge in [-0.3, -0.25) is 9.88 Å². The van der Waals surface area contributed by atoms with Gasteiger partial charge in [-0.05, 0) is 50.8 Å². The summed E-state index contributed by atoms with van der Waals surface area (Å²) in [6.07, 6.45) is 7.08. The molecule has 0 bridgehead atoms. The Labute approximate surface area is 127 Å². The van der Waals surface area contributed by atoms with E-state index in [2.05, 4.69) is 28.9 Å². The Hall–Kier alpha value is -1.00. The van der Waals surface area contributed by atoms with Crippen molar-refractivity contribution in [1.82, 2.24) is 14.8 Å². The number of fused-ring (bicyclic) bond motifs is 1. The maximum absolute atomic E-state index is 13.8. The standard InChI is InChI=1S/C17H26FN3/c1-20(2)9-13-4-3-5-14-10-21(12-16(13)14)11-15-6-7-19-8-17(15)18/h6-8,13-14,16H,3-5,9-12H2,1-2H3/t13-,14+,16+/m0/s1. The lowest BCUT2D eigenvalue weighted by Gasteiger charge is -2.34. The summed E-state index contributed by atoms with van der Waals surface area (Å²) in [7, 11) is 4.34. The highest BCUT2D eigenvalue weighted by molar-refractivity contribution is 5.12. The molecule has 3 nitrogen and oxygen atoms in total. The molecular formula is C17H26FN3. The molecule has 21 heavy (non-hydrogen) atoms. The topological polar surface area (TPSA) is 19.4 Å². The van der Waals surface area contributed by atoms with E-state index in [1.165, 1.54) is 32.0 Å². The molecule has 0 radical (unpaired) electrons. The predicted octanol–water partition coefficient (Wildman–Crippen LogP) is 2.63. The van der Waals surface area contributed by atoms with Crippen LogP contribution in [0.1, 0.15) is 24.8 Å². The fourth-order valence-electron chi connectivity index (χ4n) is 4.28. The predicted molar refractivity (Wildman–Crippen MR) is 82.3 cm³/mol. The minimum Gasteiger partial charge on any atom is -0.309 e. The number of nitrogens with zero attached hydrogens (tertiary/aromatic N) is 3. The molecule has 116 valence electrons. The maximum Gasteiger partial charge on any atom is 0.145 e. The number of rotatable bonds is 4. The van der Waals surface area contributed by atoms with Crippen LogP contribution in [0.5, 0.6) is 0 Å². The smallest absolute Gasteiger partial charge is 0.145 e. The molecule has 0 aromatic carbocycles. The van der Waals surface area contributed by atoms with Crippen molar-refractivity contribution in [3.8, 4) is 0 Å². The Bertz CT molecular complexity index is 477. The van der Waals surface area contributed by atoms with E-state index in [1.807, 2.05) is 6.07 Å². The zero-order valence-electron chi connectivity index (χ0n) is 13.1.